The summed E-state index contributed by atoms with van der Waals surface area (Å²) in [5.74, 6) is 0.379. The molecule has 2 unspecified atom stereocenters. The standard InChI is InChI=1S/C8H16Cl2O4/c1-3-11-7(5-9)13-14-8(6-10)12-4-2/h7-8H,3-6H2,1-2H3. The van der Waals surface area contributed by atoms with Gasteiger partial charge in [-0.15, -0.1) is 23.2 Å². The third kappa shape index (κ3) is 6.81. The minimum Gasteiger partial charge on any atom is -0.349 e. The fourth-order valence-electron chi connectivity index (χ4n) is 0.692. The molecule has 0 aromatic carbocycles. The van der Waals surface area contributed by atoms with Gasteiger partial charge in [-0.1, -0.05) is 0 Å². The normalized spacial score (nSPS) is 15.4. The van der Waals surface area contributed by atoms with Crippen LogP contribution in [0.25, 0.3) is 0 Å². The Kier molecular flexibility index (Phi) is 10.3. The van der Waals surface area contributed by atoms with E-state index in [1.807, 2.05) is 13.8 Å². The molecular formula is C8H16Cl2O4. The molecule has 0 aromatic rings. The van der Waals surface area contributed by atoms with E-state index in [2.05, 4.69) is 0 Å². The first kappa shape index (κ1) is 14.4. The highest BCUT2D eigenvalue weighted by molar-refractivity contribution is 6.18. The summed E-state index contributed by atoms with van der Waals surface area (Å²) in [6.07, 6.45) is -1.18. The fourth-order valence-corrected chi connectivity index (χ4v) is 0.973. The van der Waals surface area contributed by atoms with Gasteiger partial charge >= 0.3 is 0 Å². The van der Waals surface area contributed by atoms with Gasteiger partial charge in [-0.05, 0) is 13.8 Å². The molecule has 2 atom stereocenters. The van der Waals surface area contributed by atoms with Gasteiger partial charge in [-0.25, -0.2) is 9.78 Å². The molecule has 0 heterocycles. The van der Waals surface area contributed by atoms with Crippen LogP contribution in [0.3, 0.4) is 0 Å². The molecule has 0 aliphatic rings. The second-order valence-corrected chi connectivity index (χ2v) is 2.89. The minimum absolute atomic E-state index is 0.189. The van der Waals surface area contributed by atoms with Gasteiger partial charge in [-0.2, -0.15) is 0 Å². The van der Waals surface area contributed by atoms with Gasteiger partial charge in [0.05, 0.1) is 11.8 Å². The Morgan fingerprint density at radius 2 is 1.21 bits per heavy atom. The highest BCUT2D eigenvalue weighted by Gasteiger charge is 2.13. The van der Waals surface area contributed by atoms with Crippen molar-refractivity contribution in [3.63, 3.8) is 0 Å². The zero-order valence-electron chi connectivity index (χ0n) is 8.37. The van der Waals surface area contributed by atoms with Crippen molar-refractivity contribution >= 4 is 23.2 Å². The number of hydrogen-bond donors (Lipinski definition) is 0. The van der Waals surface area contributed by atoms with Crippen LogP contribution in [-0.2, 0) is 19.2 Å². The van der Waals surface area contributed by atoms with Crippen molar-refractivity contribution in [2.24, 2.45) is 0 Å². The van der Waals surface area contributed by atoms with E-state index in [0.29, 0.717) is 13.2 Å². The van der Waals surface area contributed by atoms with E-state index in [-0.39, 0.29) is 11.8 Å². The molecule has 14 heavy (non-hydrogen) atoms. The molecule has 0 amide bonds. The maximum atomic E-state index is 5.55. The summed E-state index contributed by atoms with van der Waals surface area (Å²) in [5, 5.41) is 0. The zero-order chi connectivity index (χ0) is 10.8. The van der Waals surface area contributed by atoms with Crippen LogP contribution in [0.4, 0.5) is 0 Å². The number of ether oxygens (including phenoxy) is 2. The van der Waals surface area contributed by atoms with E-state index < -0.39 is 12.6 Å². The van der Waals surface area contributed by atoms with E-state index >= 15 is 0 Å². The van der Waals surface area contributed by atoms with Gasteiger partial charge < -0.3 is 9.47 Å². The fraction of sp³-hybridized carbons (Fsp3) is 1.00. The van der Waals surface area contributed by atoms with Crippen LogP contribution >= 0.6 is 23.2 Å². The molecule has 4 nitrogen and oxygen atoms in total. The van der Waals surface area contributed by atoms with Gasteiger partial charge in [0.2, 0.25) is 12.6 Å². The summed E-state index contributed by atoms with van der Waals surface area (Å²) in [6.45, 7) is 4.68. The first-order valence-corrected chi connectivity index (χ1v) is 5.52. The first-order valence-electron chi connectivity index (χ1n) is 4.45. The highest BCUT2D eigenvalue weighted by Crippen LogP contribution is 2.04. The smallest absolute Gasteiger partial charge is 0.204 e. The molecule has 0 N–H and O–H groups in total. The Morgan fingerprint density at radius 1 is 0.857 bits per heavy atom. The Hall–Kier alpha value is 0.420. The lowest BCUT2D eigenvalue weighted by atomic mass is 10.7. The van der Waals surface area contributed by atoms with Crippen LogP contribution in [0.2, 0.25) is 0 Å². The van der Waals surface area contributed by atoms with Crippen molar-refractivity contribution in [3.05, 3.63) is 0 Å². The maximum absolute atomic E-state index is 5.55. The van der Waals surface area contributed by atoms with E-state index in [1.165, 1.54) is 0 Å². The van der Waals surface area contributed by atoms with Crippen LogP contribution < -0.4 is 0 Å². The molecule has 6 heteroatoms. The van der Waals surface area contributed by atoms with E-state index in [4.69, 9.17) is 42.5 Å². The Bertz CT molecular complexity index is 112. The Morgan fingerprint density at radius 3 is 1.43 bits per heavy atom. The van der Waals surface area contributed by atoms with Gasteiger partial charge in [0.25, 0.3) is 0 Å². The number of halogens is 2. The first-order chi connectivity index (χ1) is 6.78. The summed E-state index contributed by atoms with van der Waals surface area (Å²) >= 11 is 11.1. The van der Waals surface area contributed by atoms with E-state index in [0.717, 1.165) is 0 Å². The lowest BCUT2D eigenvalue weighted by molar-refractivity contribution is -0.424. The lowest BCUT2D eigenvalue weighted by Gasteiger charge is -2.18. The largest absolute Gasteiger partial charge is 0.349 e. The van der Waals surface area contributed by atoms with Gasteiger partial charge in [0.1, 0.15) is 0 Å². The molecule has 0 bridgehead atoms. The molecule has 0 aromatic heterocycles. The van der Waals surface area contributed by atoms with Crippen LogP contribution in [0.1, 0.15) is 13.8 Å². The Balaban J connectivity index is 3.63. The second kappa shape index (κ2) is 9.96. The molecule has 0 aliphatic heterocycles. The van der Waals surface area contributed by atoms with Gasteiger partial charge in [0.15, 0.2) is 0 Å². The molecule has 0 aliphatic carbocycles. The van der Waals surface area contributed by atoms with Crippen molar-refractivity contribution in [3.8, 4) is 0 Å². The molecule has 0 spiro atoms. The van der Waals surface area contributed by atoms with E-state index in [9.17, 15) is 0 Å². The third-order valence-electron chi connectivity index (χ3n) is 1.23. The van der Waals surface area contributed by atoms with Gasteiger partial charge in [0, 0.05) is 13.2 Å². The Labute approximate surface area is 94.3 Å². The third-order valence-corrected chi connectivity index (χ3v) is 1.73. The van der Waals surface area contributed by atoms with Crippen molar-refractivity contribution in [2.45, 2.75) is 26.4 Å². The van der Waals surface area contributed by atoms with Crippen LogP contribution in [0.5, 0.6) is 0 Å². The summed E-state index contributed by atoms with van der Waals surface area (Å²) < 4.78 is 10.2. The second-order valence-electron chi connectivity index (χ2n) is 2.27. The quantitative estimate of drug-likeness (QED) is 0.271. The van der Waals surface area contributed by atoms with Crippen LogP contribution in [-0.4, -0.2) is 37.6 Å². The van der Waals surface area contributed by atoms with Crippen LogP contribution in [0, 0.1) is 0 Å². The summed E-state index contributed by atoms with van der Waals surface area (Å²) in [5.41, 5.74) is 0. The van der Waals surface area contributed by atoms with Crippen molar-refractivity contribution in [2.75, 3.05) is 25.0 Å². The molecule has 0 radical (unpaired) electrons. The van der Waals surface area contributed by atoms with Gasteiger partial charge in [-0.3, -0.25) is 0 Å². The monoisotopic (exact) mass is 246 g/mol. The number of rotatable bonds is 9. The molecule has 0 saturated carbocycles. The topological polar surface area (TPSA) is 36.9 Å². The minimum atomic E-state index is -0.590. The predicted octanol–water partition coefficient (Wildman–Crippen LogP) is 2.14. The summed E-state index contributed by atoms with van der Waals surface area (Å²) in [7, 11) is 0. The summed E-state index contributed by atoms with van der Waals surface area (Å²) in [4.78, 5) is 9.75. The molecule has 0 rings (SSSR count). The average Bonchev–Trinajstić information content (AvgIpc) is 2.22. The van der Waals surface area contributed by atoms with Crippen LogP contribution in [0.15, 0.2) is 0 Å². The number of hydrogen-bond acceptors (Lipinski definition) is 4. The van der Waals surface area contributed by atoms with Crippen molar-refractivity contribution in [1.29, 1.82) is 0 Å². The zero-order valence-corrected chi connectivity index (χ0v) is 9.88. The highest BCUT2D eigenvalue weighted by atomic mass is 35.5. The average molecular weight is 247 g/mol. The maximum Gasteiger partial charge on any atom is 0.204 e. The molecular weight excluding hydrogens is 231 g/mol. The molecule has 86 valence electrons. The van der Waals surface area contributed by atoms with E-state index in [1.54, 1.807) is 0 Å². The summed E-state index contributed by atoms with van der Waals surface area (Å²) in [6, 6.07) is 0. The van der Waals surface area contributed by atoms with Crippen molar-refractivity contribution in [1.82, 2.24) is 0 Å². The molecule has 0 saturated heterocycles. The number of alkyl halides is 2. The SMILES string of the molecule is CCOC(CCl)OOC(CCl)OCC. The predicted molar refractivity (Wildman–Crippen MR) is 54.4 cm³/mol. The van der Waals surface area contributed by atoms with Crippen molar-refractivity contribution < 1.29 is 19.2 Å². The molecule has 0 fully saturated rings. The lowest BCUT2D eigenvalue weighted by Crippen LogP contribution is -2.26.